The van der Waals surface area contributed by atoms with Crippen molar-refractivity contribution in [2.75, 3.05) is 13.7 Å². The van der Waals surface area contributed by atoms with E-state index in [-0.39, 0.29) is 22.7 Å². The lowest BCUT2D eigenvalue weighted by atomic mass is 10.1. The van der Waals surface area contributed by atoms with Crippen LogP contribution in [0.4, 0.5) is 0 Å². The molecule has 0 bridgehead atoms. The molecule has 150 valence electrons. The summed E-state index contributed by atoms with van der Waals surface area (Å²) < 4.78 is 5.01. The summed E-state index contributed by atoms with van der Waals surface area (Å²) in [7, 11) is 1.36. The number of nitrogens with one attached hydrogen (secondary N) is 1. The Hall–Kier alpha value is -2.90. The van der Waals surface area contributed by atoms with E-state index in [0.717, 1.165) is 10.5 Å². The average Bonchev–Trinajstić information content (AvgIpc) is 2.92. The van der Waals surface area contributed by atoms with Crippen molar-refractivity contribution in [3.05, 3.63) is 68.7 Å². The van der Waals surface area contributed by atoms with Gasteiger partial charge in [0.1, 0.15) is 0 Å². The predicted octanol–water partition coefficient (Wildman–Crippen LogP) is 3.25. The van der Waals surface area contributed by atoms with Crippen LogP contribution in [0.25, 0.3) is 0 Å². The average molecular weight is 435 g/mol. The highest BCUT2D eigenvalue weighted by Gasteiger charge is 2.33. The fourth-order valence-electron chi connectivity index (χ4n) is 2.85. The molecule has 1 N–H and O–H groups in total. The molecule has 1 aliphatic heterocycles. The monoisotopic (exact) mass is 434 g/mol. The van der Waals surface area contributed by atoms with E-state index in [1.807, 2.05) is 0 Å². The van der Waals surface area contributed by atoms with Gasteiger partial charge in [0.2, 0.25) is 0 Å². The summed E-state index contributed by atoms with van der Waals surface area (Å²) in [5.41, 5.74) is 1.17. The number of esters is 1. The Morgan fingerprint density at radius 2 is 1.72 bits per heavy atom. The van der Waals surface area contributed by atoms with E-state index in [1.54, 1.807) is 25.1 Å². The van der Waals surface area contributed by atoms with Crippen LogP contribution in [0, 0.1) is 0 Å². The van der Waals surface area contributed by atoms with Gasteiger partial charge in [0.25, 0.3) is 17.7 Å². The first-order valence-corrected chi connectivity index (χ1v) is 9.32. The maximum absolute atomic E-state index is 12.2. The molecule has 0 fully saturated rings. The molecular formula is C20H16Cl2N2O5. The summed E-state index contributed by atoms with van der Waals surface area (Å²) in [6, 6.07) is 8.67. The number of imide groups is 1. The lowest BCUT2D eigenvalue weighted by Crippen LogP contribution is -2.31. The third-order valence-electron chi connectivity index (χ3n) is 4.48. The normalized spacial score (nSPS) is 13.9. The number of rotatable bonds is 5. The maximum atomic E-state index is 12.2. The molecule has 2 aromatic carbocycles. The van der Waals surface area contributed by atoms with Crippen molar-refractivity contribution in [2.45, 2.75) is 13.0 Å². The number of amides is 3. The molecule has 0 aliphatic carbocycles. The topological polar surface area (TPSA) is 92.8 Å². The standard InChI is InChI=1S/C20H16Cl2N2O5/c1-10(11-4-6-15(21)16(22)8-11)23-17(25)9-29-20(28)12-3-5-13-14(7-12)19(27)24(2)18(13)26/h3-8,10H,9H2,1-2H3,(H,23,25). The second kappa shape index (κ2) is 8.23. The zero-order valence-electron chi connectivity index (χ0n) is 15.5. The molecule has 3 rings (SSSR count). The minimum atomic E-state index is -0.778. The number of carbonyl (C=O) groups is 4. The first kappa shape index (κ1) is 20.8. The van der Waals surface area contributed by atoms with Gasteiger partial charge in [-0.1, -0.05) is 29.3 Å². The Labute approximate surface area is 176 Å². The molecule has 0 aromatic heterocycles. The van der Waals surface area contributed by atoms with Crippen molar-refractivity contribution in [1.82, 2.24) is 10.2 Å². The smallest absolute Gasteiger partial charge is 0.338 e. The van der Waals surface area contributed by atoms with Crippen LogP contribution in [-0.4, -0.2) is 42.2 Å². The van der Waals surface area contributed by atoms with Crippen molar-refractivity contribution < 1.29 is 23.9 Å². The van der Waals surface area contributed by atoms with Crippen LogP contribution in [-0.2, 0) is 9.53 Å². The Bertz CT molecular complexity index is 1040. The van der Waals surface area contributed by atoms with E-state index < -0.39 is 30.3 Å². The zero-order chi connectivity index (χ0) is 21.3. The largest absolute Gasteiger partial charge is 0.452 e. The molecule has 0 saturated carbocycles. The van der Waals surface area contributed by atoms with Gasteiger partial charge >= 0.3 is 5.97 Å². The molecule has 0 saturated heterocycles. The molecule has 3 amide bonds. The Balaban J connectivity index is 1.59. The molecular weight excluding hydrogens is 419 g/mol. The summed E-state index contributed by atoms with van der Waals surface area (Å²) in [6.07, 6.45) is 0. The molecule has 1 atom stereocenters. The molecule has 29 heavy (non-hydrogen) atoms. The SMILES string of the molecule is CC(NC(=O)COC(=O)c1ccc2c(c1)C(=O)N(C)C2=O)c1ccc(Cl)c(Cl)c1. The zero-order valence-corrected chi connectivity index (χ0v) is 17.0. The van der Waals surface area contributed by atoms with Crippen LogP contribution in [0.5, 0.6) is 0 Å². The highest BCUT2D eigenvalue weighted by atomic mass is 35.5. The van der Waals surface area contributed by atoms with Gasteiger partial charge in [0.05, 0.1) is 32.8 Å². The van der Waals surface area contributed by atoms with Gasteiger partial charge in [-0.3, -0.25) is 19.3 Å². The third kappa shape index (κ3) is 4.26. The molecule has 1 aliphatic rings. The van der Waals surface area contributed by atoms with Crippen LogP contribution >= 0.6 is 23.2 Å². The van der Waals surface area contributed by atoms with Gasteiger partial charge in [0, 0.05) is 7.05 Å². The highest BCUT2D eigenvalue weighted by molar-refractivity contribution is 6.42. The van der Waals surface area contributed by atoms with Crippen molar-refractivity contribution in [2.24, 2.45) is 0 Å². The maximum Gasteiger partial charge on any atom is 0.338 e. The Morgan fingerprint density at radius 3 is 2.41 bits per heavy atom. The number of ether oxygens (including phenoxy) is 1. The van der Waals surface area contributed by atoms with Crippen LogP contribution in [0.1, 0.15) is 49.6 Å². The summed E-state index contributed by atoms with van der Waals surface area (Å²) in [5.74, 6) is -2.21. The fourth-order valence-corrected chi connectivity index (χ4v) is 3.16. The van der Waals surface area contributed by atoms with Crippen LogP contribution < -0.4 is 5.32 Å². The van der Waals surface area contributed by atoms with Crippen molar-refractivity contribution >= 4 is 46.9 Å². The van der Waals surface area contributed by atoms with E-state index in [4.69, 9.17) is 27.9 Å². The lowest BCUT2D eigenvalue weighted by molar-refractivity contribution is -0.124. The predicted molar refractivity (Wildman–Crippen MR) is 106 cm³/mol. The van der Waals surface area contributed by atoms with Gasteiger partial charge in [-0.05, 0) is 42.8 Å². The number of halogens is 2. The summed E-state index contributed by atoms with van der Waals surface area (Å²) in [4.78, 5) is 49.2. The first-order chi connectivity index (χ1) is 13.7. The highest BCUT2D eigenvalue weighted by Crippen LogP contribution is 2.26. The minimum absolute atomic E-state index is 0.0746. The van der Waals surface area contributed by atoms with Crippen molar-refractivity contribution in [3.8, 4) is 0 Å². The van der Waals surface area contributed by atoms with Gasteiger partial charge in [-0.15, -0.1) is 0 Å². The van der Waals surface area contributed by atoms with Gasteiger partial charge in [-0.2, -0.15) is 0 Å². The van der Waals surface area contributed by atoms with Gasteiger partial charge < -0.3 is 10.1 Å². The molecule has 0 spiro atoms. The van der Waals surface area contributed by atoms with Gasteiger partial charge in [-0.25, -0.2) is 4.79 Å². The van der Waals surface area contributed by atoms with Crippen molar-refractivity contribution in [1.29, 1.82) is 0 Å². The number of benzene rings is 2. The Kier molecular flexibility index (Phi) is 5.91. The summed E-state index contributed by atoms with van der Waals surface area (Å²) >= 11 is 11.8. The van der Waals surface area contributed by atoms with Crippen LogP contribution in [0.2, 0.25) is 10.0 Å². The number of hydrogen-bond acceptors (Lipinski definition) is 5. The molecule has 2 aromatic rings. The fraction of sp³-hybridized carbons (Fsp3) is 0.200. The second-order valence-electron chi connectivity index (χ2n) is 6.47. The van der Waals surface area contributed by atoms with Crippen LogP contribution in [0.15, 0.2) is 36.4 Å². The lowest BCUT2D eigenvalue weighted by Gasteiger charge is -2.15. The van der Waals surface area contributed by atoms with E-state index in [0.29, 0.717) is 10.0 Å². The number of nitrogens with zero attached hydrogens (tertiary/aromatic N) is 1. The second-order valence-corrected chi connectivity index (χ2v) is 7.28. The summed E-state index contributed by atoms with van der Waals surface area (Å²) in [5, 5.41) is 3.46. The molecule has 7 nitrogen and oxygen atoms in total. The number of carbonyl (C=O) groups excluding carboxylic acids is 4. The molecule has 9 heteroatoms. The molecule has 1 unspecified atom stereocenters. The van der Waals surface area contributed by atoms with Crippen LogP contribution in [0.3, 0.4) is 0 Å². The van der Waals surface area contributed by atoms with E-state index >= 15 is 0 Å². The molecule has 1 heterocycles. The van der Waals surface area contributed by atoms with E-state index in [9.17, 15) is 19.2 Å². The van der Waals surface area contributed by atoms with Gasteiger partial charge in [0.15, 0.2) is 6.61 Å². The summed E-state index contributed by atoms with van der Waals surface area (Å²) in [6.45, 7) is 1.24. The van der Waals surface area contributed by atoms with Crippen molar-refractivity contribution in [3.63, 3.8) is 0 Å². The number of hydrogen-bond donors (Lipinski definition) is 1. The third-order valence-corrected chi connectivity index (χ3v) is 5.22. The van der Waals surface area contributed by atoms with E-state index in [2.05, 4.69) is 5.32 Å². The molecule has 0 radical (unpaired) electrons. The first-order valence-electron chi connectivity index (χ1n) is 8.57. The quantitative estimate of drug-likeness (QED) is 0.575. The Morgan fingerprint density at radius 1 is 1.03 bits per heavy atom. The minimum Gasteiger partial charge on any atom is -0.452 e. The number of fused-ring (bicyclic) bond motifs is 1. The van der Waals surface area contributed by atoms with E-state index in [1.165, 1.54) is 25.2 Å².